The molecule has 0 atom stereocenters. The molecule has 0 aliphatic carbocycles. The van der Waals surface area contributed by atoms with Crippen LogP contribution in [0.2, 0.25) is 0 Å². The number of benzene rings is 2. The van der Waals surface area contributed by atoms with Crippen LogP contribution in [-0.2, 0) is 35.5 Å². The third-order valence-corrected chi connectivity index (χ3v) is 9.03. The molecular weight excluding hydrogens is 648 g/mol. The van der Waals surface area contributed by atoms with Crippen LogP contribution in [0, 0.1) is 11.8 Å². The number of carbonyl (C=O) groups is 2. The van der Waals surface area contributed by atoms with Crippen LogP contribution in [-0.4, -0.2) is 70.8 Å². The molecule has 13 heteroatoms. The van der Waals surface area contributed by atoms with Gasteiger partial charge in [0.25, 0.3) is 5.91 Å². The van der Waals surface area contributed by atoms with E-state index in [1.54, 1.807) is 6.07 Å². The summed E-state index contributed by atoms with van der Waals surface area (Å²) in [6.45, 7) is 8.13. The van der Waals surface area contributed by atoms with Crippen molar-refractivity contribution in [3.63, 3.8) is 0 Å². The van der Waals surface area contributed by atoms with Gasteiger partial charge < -0.3 is 41.2 Å². The average molecular weight is 695 g/mol. The summed E-state index contributed by atoms with van der Waals surface area (Å²) in [6, 6.07) is 10.9. The number of amides is 3. The van der Waals surface area contributed by atoms with Crippen molar-refractivity contribution in [3.8, 4) is 23.3 Å². The van der Waals surface area contributed by atoms with Gasteiger partial charge in [-0.15, -0.1) is 0 Å². The molecule has 2 aromatic carbocycles. The van der Waals surface area contributed by atoms with Gasteiger partial charge in [-0.05, 0) is 88.0 Å². The van der Waals surface area contributed by atoms with Gasteiger partial charge in [0.05, 0.1) is 17.3 Å². The van der Waals surface area contributed by atoms with E-state index in [0.29, 0.717) is 30.1 Å². The normalized spacial score (nSPS) is 14.2. The molecule has 6 rings (SSSR count). The van der Waals surface area contributed by atoms with Gasteiger partial charge in [-0.3, -0.25) is 4.79 Å². The lowest BCUT2D eigenvalue weighted by molar-refractivity contribution is -0.118. The fraction of sp³-hybridized carbons (Fsp3) is 0.421. The fourth-order valence-corrected chi connectivity index (χ4v) is 6.31. The van der Waals surface area contributed by atoms with E-state index in [1.807, 2.05) is 41.2 Å². The first-order valence-corrected chi connectivity index (χ1v) is 17.8. The van der Waals surface area contributed by atoms with Crippen molar-refractivity contribution in [2.24, 2.45) is 0 Å². The summed E-state index contributed by atoms with van der Waals surface area (Å²) in [7, 11) is 0. The van der Waals surface area contributed by atoms with Gasteiger partial charge in [-0.25, -0.2) is 14.5 Å². The number of phenolic OH excluding ortho intramolecular Hbond substituents is 1. The zero-order chi connectivity index (χ0) is 35.6. The molecule has 268 valence electrons. The first kappa shape index (κ1) is 35.5. The van der Waals surface area contributed by atoms with Gasteiger partial charge in [0.1, 0.15) is 11.4 Å². The number of aromatic nitrogens is 3. The number of nitrogens with zero attached hydrogens (tertiary/aromatic N) is 3. The van der Waals surface area contributed by atoms with Crippen molar-refractivity contribution in [2.45, 2.75) is 71.5 Å². The minimum absolute atomic E-state index is 0.00243. The van der Waals surface area contributed by atoms with Crippen LogP contribution < -0.4 is 31.3 Å². The zero-order valence-corrected chi connectivity index (χ0v) is 29.2. The number of ether oxygens (including phenoxy) is 2. The number of rotatable bonds is 13. The fourth-order valence-electron chi connectivity index (χ4n) is 6.31. The van der Waals surface area contributed by atoms with E-state index in [-0.39, 0.29) is 30.3 Å². The monoisotopic (exact) mass is 694 g/mol. The maximum Gasteiger partial charge on any atom is 0.319 e. The van der Waals surface area contributed by atoms with Crippen LogP contribution in [0.4, 0.5) is 21.9 Å². The second kappa shape index (κ2) is 17.1. The summed E-state index contributed by atoms with van der Waals surface area (Å²) < 4.78 is 13.0. The standard InChI is InChI=1S/C38H46N8O5/c1-3-31-29(34(42-28-16-20-50-21-17-28)30-23-41-46(4-2)37(30)44-31)22-40-38(49)43-27-12-9-25(10-13-27)8-6-5-7-18-39-19-15-26-11-14-32(47)35-36(26)51-24-33(48)45-35/h9-14,23,28,39,47H,3-5,7,15-22,24H2,1-2H3,(H,42,44)(H,45,48)(H2,40,43,49). The van der Waals surface area contributed by atoms with E-state index >= 15 is 0 Å². The Morgan fingerprint density at radius 3 is 2.73 bits per heavy atom. The number of urea groups is 1. The molecule has 0 radical (unpaired) electrons. The van der Waals surface area contributed by atoms with Crippen LogP contribution in [0.5, 0.6) is 11.5 Å². The highest BCUT2D eigenvalue weighted by atomic mass is 16.5. The second-order valence-electron chi connectivity index (χ2n) is 12.6. The molecule has 0 spiro atoms. The van der Waals surface area contributed by atoms with E-state index in [9.17, 15) is 14.7 Å². The van der Waals surface area contributed by atoms with Gasteiger partial charge in [0.2, 0.25) is 0 Å². The number of anilines is 3. The van der Waals surface area contributed by atoms with E-state index in [2.05, 4.69) is 57.4 Å². The molecule has 4 aromatic rings. The molecule has 4 heterocycles. The second-order valence-corrected chi connectivity index (χ2v) is 12.6. The summed E-state index contributed by atoms with van der Waals surface area (Å²) in [5.74, 6) is 6.68. The van der Waals surface area contributed by atoms with Gasteiger partial charge >= 0.3 is 6.03 Å². The van der Waals surface area contributed by atoms with E-state index in [1.165, 1.54) is 0 Å². The molecule has 0 bridgehead atoms. The van der Waals surface area contributed by atoms with Crippen molar-refractivity contribution >= 4 is 40.0 Å². The van der Waals surface area contributed by atoms with E-state index in [4.69, 9.17) is 14.5 Å². The minimum atomic E-state index is -0.297. The Morgan fingerprint density at radius 2 is 1.94 bits per heavy atom. The molecular formula is C38H46N8O5. The Balaban J connectivity index is 0.963. The summed E-state index contributed by atoms with van der Waals surface area (Å²) in [4.78, 5) is 29.6. The summed E-state index contributed by atoms with van der Waals surface area (Å²) >= 11 is 0. The lowest BCUT2D eigenvalue weighted by atomic mass is 10.0. The molecule has 13 nitrogen and oxygen atoms in total. The molecule has 51 heavy (non-hydrogen) atoms. The highest BCUT2D eigenvalue weighted by Crippen LogP contribution is 2.39. The summed E-state index contributed by atoms with van der Waals surface area (Å²) in [5, 5.41) is 31.4. The first-order chi connectivity index (χ1) is 24.9. The Morgan fingerprint density at radius 1 is 1.12 bits per heavy atom. The number of pyridine rings is 1. The highest BCUT2D eigenvalue weighted by molar-refractivity contribution is 5.97. The van der Waals surface area contributed by atoms with Crippen LogP contribution in [0.15, 0.2) is 42.6 Å². The molecule has 2 aromatic heterocycles. The van der Waals surface area contributed by atoms with Crippen LogP contribution >= 0.6 is 0 Å². The molecule has 3 amide bonds. The number of aryl methyl sites for hydroxylation is 2. The number of hydrogen-bond acceptors (Lipinski definition) is 9. The minimum Gasteiger partial charge on any atom is -0.506 e. The maximum atomic E-state index is 13.0. The SMILES string of the molecule is CCc1nc2c(cnn2CC)c(NC2CCOCC2)c1CNC(=O)Nc1ccc(C#CCCCNCCc2ccc(O)c3c2OCC(=O)N3)cc1. The van der Waals surface area contributed by atoms with E-state index in [0.717, 1.165) is 104 Å². The maximum absolute atomic E-state index is 13.0. The Bertz CT molecular complexity index is 1910. The van der Waals surface area contributed by atoms with Crippen molar-refractivity contribution in [3.05, 3.63) is 65.0 Å². The number of unbranched alkanes of at least 4 members (excludes halogenated alkanes) is 1. The molecule has 1 saturated heterocycles. The van der Waals surface area contributed by atoms with Crippen molar-refractivity contribution in [1.29, 1.82) is 0 Å². The van der Waals surface area contributed by atoms with Crippen LogP contribution in [0.3, 0.4) is 0 Å². The number of hydrogen-bond donors (Lipinski definition) is 6. The molecule has 2 aliphatic rings. The van der Waals surface area contributed by atoms with Crippen molar-refractivity contribution in [2.75, 3.05) is 48.9 Å². The van der Waals surface area contributed by atoms with Crippen LogP contribution in [0.25, 0.3) is 11.0 Å². The quantitative estimate of drug-likeness (QED) is 0.0648. The largest absolute Gasteiger partial charge is 0.506 e. The van der Waals surface area contributed by atoms with Crippen molar-refractivity contribution < 1.29 is 24.2 Å². The first-order valence-electron chi connectivity index (χ1n) is 17.8. The van der Waals surface area contributed by atoms with Crippen LogP contribution in [0.1, 0.15) is 61.9 Å². The van der Waals surface area contributed by atoms with Gasteiger partial charge in [0.15, 0.2) is 18.0 Å². The zero-order valence-electron chi connectivity index (χ0n) is 29.2. The predicted molar refractivity (Wildman–Crippen MR) is 197 cm³/mol. The number of aromatic hydroxyl groups is 1. The lowest BCUT2D eigenvalue weighted by Gasteiger charge is -2.26. The molecule has 1 fully saturated rings. The third-order valence-electron chi connectivity index (χ3n) is 9.03. The smallest absolute Gasteiger partial charge is 0.319 e. The van der Waals surface area contributed by atoms with Gasteiger partial charge in [0, 0.05) is 61.3 Å². The van der Waals surface area contributed by atoms with Crippen molar-refractivity contribution in [1.82, 2.24) is 25.4 Å². The topological polar surface area (TPSA) is 164 Å². The predicted octanol–water partition coefficient (Wildman–Crippen LogP) is 4.93. The average Bonchev–Trinajstić information content (AvgIpc) is 3.57. The molecule has 2 aliphatic heterocycles. The van der Waals surface area contributed by atoms with Gasteiger partial charge in [-0.2, -0.15) is 5.10 Å². The van der Waals surface area contributed by atoms with Gasteiger partial charge in [-0.1, -0.05) is 24.8 Å². The summed E-state index contributed by atoms with van der Waals surface area (Å²) in [5.41, 5.74) is 6.58. The molecule has 6 N–H and O–H groups in total. The number of fused-ring (bicyclic) bond motifs is 2. The Kier molecular flexibility index (Phi) is 11.9. The highest BCUT2D eigenvalue weighted by Gasteiger charge is 2.23. The number of nitrogens with one attached hydrogen (secondary N) is 5. The summed E-state index contributed by atoms with van der Waals surface area (Å²) in [6.07, 6.45) is 6.77. The number of phenols is 1. The van der Waals surface area contributed by atoms with E-state index < -0.39 is 0 Å². The molecule has 0 saturated carbocycles. The third kappa shape index (κ3) is 8.89. The number of carbonyl (C=O) groups excluding carboxylic acids is 2. The molecule has 0 unspecified atom stereocenters. The Labute approximate surface area is 297 Å². The lowest BCUT2D eigenvalue weighted by Crippen LogP contribution is -2.31. The Hall–Kier alpha value is -5.32.